The minimum Gasteiger partial charge on any atom is -0.310 e. The predicted octanol–water partition coefficient (Wildman–Crippen LogP) is 4.68. The van der Waals surface area contributed by atoms with Gasteiger partial charge in [-0.3, -0.25) is 9.78 Å². The van der Waals surface area contributed by atoms with Crippen LogP contribution in [0.3, 0.4) is 0 Å². The van der Waals surface area contributed by atoms with Gasteiger partial charge in [0.2, 0.25) is 5.91 Å². The third-order valence-corrected chi connectivity index (χ3v) is 4.32. The molecular weight excluding hydrogens is 428 g/mol. The van der Waals surface area contributed by atoms with Crippen molar-refractivity contribution in [2.45, 2.75) is 44.7 Å². The standard InChI is InChI=1S/C17H16F8N4O/c1-3-28(14(30)4-5-15(19,16(20,21)22)17(23,24)25)13-9-29(27-10(13)2)12-6-11(18)7-26-8-12/h6-9H,3-5H2,1-2H3. The van der Waals surface area contributed by atoms with Crippen LogP contribution < -0.4 is 4.90 Å². The van der Waals surface area contributed by atoms with Crippen LogP contribution >= 0.6 is 0 Å². The molecule has 2 rings (SSSR count). The number of alkyl halides is 7. The molecule has 0 aliphatic heterocycles. The van der Waals surface area contributed by atoms with Crippen LogP contribution in [0.1, 0.15) is 25.5 Å². The van der Waals surface area contributed by atoms with Crippen LogP contribution in [-0.4, -0.2) is 45.2 Å². The number of anilines is 1. The molecule has 0 fully saturated rings. The fourth-order valence-electron chi connectivity index (χ4n) is 2.71. The number of hydrogen-bond donors (Lipinski definition) is 0. The quantitative estimate of drug-likeness (QED) is 0.608. The minimum absolute atomic E-state index is 0.0650. The van der Waals surface area contributed by atoms with Gasteiger partial charge in [0.1, 0.15) is 5.82 Å². The highest BCUT2D eigenvalue weighted by Gasteiger charge is 2.72. The molecule has 0 spiro atoms. The van der Waals surface area contributed by atoms with Gasteiger partial charge < -0.3 is 4.90 Å². The molecule has 2 aromatic heterocycles. The molecule has 0 aliphatic carbocycles. The van der Waals surface area contributed by atoms with Crippen LogP contribution in [0.15, 0.2) is 24.7 Å². The van der Waals surface area contributed by atoms with Crippen molar-refractivity contribution in [3.8, 4) is 5.69 Å². The van der Waals surface area contributed by atoms with Gasteiger partial charge >= 0.3 is 12.4 Å². The molecule has 0 unspecified atom stereocenters. The molecule has 1 amide bonds. The molecule has 0 bridgehead atoms. The second-order valence-corrected chi connectivity index (χ2v) is 6.34. The summed E-state index contributed by atoms with van der Waals surface area (Å²) in [4.78, 5) is 16.8. The first-order chi connectivity index (χ1) is 13.7. The van der Waals surface area contributed by atoms with Crippen LogP contribution in [-0.2, 0) is 4.79 Å². The number of pyridine rings is 1. The number of hydrogen-bond acceptors (Lipinski definition) is 3. The second kappa shape index (κ2) is 8.19. The largest absolute Gasteiger partial charge is 0.431 e. The molecule has 2 heterocycles. The lowest BCUT2D eigenvalue weighted by atomic mass is 9.97. The van der Waals surface area contributed by atoms with Crippen molar-refractivity contribution < 1.29 is 39.9 Å². The van der Waals surface area contributed by atoms with Gasteiger partial charge in [0, 0.05) is 25.5 Å². The highest BCUT2D eigenvalue weighted by atomic mass is 19.4. The summed E-state index contributed by atoms with van der Waals surface area (Å²) in [5.74, 6) is -1.84. The number of amides is 1. The zero-order valence-electron chi connectivity index (χ0n) is 15.7. The second-order valence-electron chi connectivity index (χ2n) is 6.34. The molecule has 5 nitrogen and oxygen atoms in total. The topological polar surface area (TPSA) is 51.0 Å². The Labute approximate surface area is 165 Å². The van der Waals surface area contributed by atoms with Crippen LogP contribution in [0.4, 0.5) is 40.8 Å². The number of nitrogens with zero attached hydrogens (tertiary/aromatic N) is 4. The van der Waals surface area contributed by atoms with Crippen molar-refractivity contribution in [2.75, 3.05) is 11.4 Å². The Hall–Kier alpha value is -2.73. The SMILES string of the molecule is CCN(C(=O)CCC(F)(C(F)(F)F)C(F)(F)F)c1cn(-c2cncc(F)c2)nc1C. The van der Waals surface area contributed by atoms with Gasteiger partial charge in [-0.2, -0.15) is 31.4 Å². The van der Waals surface area contributed by atoms with E-state index in [0.717, 1.165) is 21.8 Å². The molecule has 13 heteroatoms. The van der Waals surface area contributed by atoms with Gasteiger partial charge in [-0.15, -0.1) is 0 Å². The van der Waals surface area contributed by atoms with E-state index in [9.17, 15) is 39.9 Å². The molecule has 0 saturated carbocycles. The number of halogens is 8. The number of rotatable bonds is 6. The maximum absolute atomic E-state index is 13.8. The van der Waals surface area contributed by atoms with E-state index in [1.54, 1.807) is 0 Å². The van der Waals surface area contributed by atoms with Gasteiger partial charge in [-0.05, 0) is 13.8 Å². The molecule has 0 radical (unpaired) electrons. The zero-order chi connectivity index (χ0) is 22.9. The summed E-state index contributed by atoms with van der Waals surface area (Å²) in [7, 11) is 0. The smallest absolute Gasteiger partial charge is 0.310 e. The third kappa shape index (κ3) is 4.54. The minimum atomic E-state index is -6.23. The van der Waals surface area contributed by atoms with Crippen molar-refractivity contribution >= 4 is 11.6 Å². The lowest BCUT2D eigenvalue weighted by Gasteiger charge is -2.30. The van der Waals surface area contributed by atoms with Crippen LogP contribution in [0, 0.1) is 12.7 Å². The van der Waals surface area contributed by atoms with Gasteiger partial charge in [0.05, 0.1) is 35.7 Å². The van der Waals surface area contributed by atoms with Gasteiger partial charge in [-0.1, -0.05) is 0 Å². The van der Waals surface area contributed by atoms with Crippen molar-refractivity contribution in [3.05, 3.63) is 36.2 Å². The Morgan fingerprint density at radius 1 is 1.10 bits per heavy atom. The molecule has 30 heavy (non-hydrogen) atoms. The van der Waals surface area contributed by atoms with Gasteiger partial charge in [-0.25, -0.2) is 13.5 Å². The Bertz CT molecular complexity index is 892. The van der Waals surface area contributed by atoms with Crippen LogP contribution in [0.5, 0.6) is 0 Å². The molecule has 0 aliphatic rings. The molecule has 2 aromatic rings. The first kappa shape index (κ1) is 23.5. The molecule has 0 atom stereocenters. The average molecular weight is 444 g/mol. The van der Waals surface area contributed by atoms with E-state index in [1.807, 2.05) is 0 Å². The summed E-state index contributed by atoms with van der Waals surface area (Å²) in [6.07, 6.45) is -12.5. The molecular formula is C17H16F8N4O. The Morgan fingerprint density at radius 3 is 2.20 bits per heavy atom. The van der Waals surface area contributed by atoms with Crippen molar-refractivity contribution in [3.63, 3.8) is 0 Å². The summed E-state index contributed by atoms with van der Waals surface area (Å²) < 4.78 is 104. The number of aromatic nitrogens is 3. The first-order valence-corrected chi connectivity index (χ1v) is 8.51. The normalized spacial score (nSPS) is 12.9. The number of aryl methyl sites for hydroxylation is 1. The number of carbonyl (C=O) groups is 1. The molecule has 0 saturated heterocycles. The monoisotopic (exact) mass is 444 g/mol. The van der Waals surface area contributed by atoms with Crippen molar-refractivity contribution in [2.24, 2.45) is 0 Å². The van der Waals surface area contributed by atoms with Gasteiger partial charge in [0.25, 0.3) is 5.67 Å². The lowest BCUT2D eigenvalue weighted by molar-refractivity contribution is -0.342. The zero-order valence-corrected chi connectivity index (χ0v) is 15.7. The van der Waals surface area contributed by atoms with E-state index >= 15 is 0 Å². The summed E-state index contributed by atoms with van der Waals surface area (Å²) in [6.45, 7) is 2.72. The fourth-order valence-corrected chi connectivity index (χ4v) is 2.71. The maximum atomic E-state index is 13.8. The first-order valence-electron chi connectivity index (χ1n) is 8.51. The molecule has 166 valence electrons. The van der Waals surface area contributed by atoms with E-state index in [0.29, 0.717) is 0 Å². The third-order valence-electron chi connectivity index (χ3n) is 4.32. The summed E-state index contributed by atoms with van der Waals surface area (Å²) in [5, 5.41) is 4.04. The van der Waals surface area contributed by atoms with Gasteiger partial charge in [0.15, 0.2) is 0 Å². The van der Waals surface area contributed by atoms with E-state index in [4.69, 9.17) is 0 Å². The van der Waals surface area contributed by atoms with E-state index in [-0.39, 0.29) is 23.6 Å². The Balaban J connectivity index is 2.27. The van der Waals surface area contributed by atoms with Crippen LogP contribution in [0.2, 0.25) is 0 Å². The fraction of sp³-hybridized carbons (Fsp3) is 0.471. The Morgan fingerprint density at radius 2 is 1.70 bits per heavy atom. The lowest BCUT2D eigenvalue weighted by Crippen LogP contribution is -2.53. The average Bonchev–Trinajstić information content (AvgIpc) is 3.00. The van der Waals surface area contributed by atoms with E-state index < -0.39 is 42.6 Å². The summed E-state index contributed by atoms with van der Waals surface area (Å²) >= 11 is 0. The van der Waals surface area contributed by atoms with Crippen LogP contribution in [0.25, 0.3) is 5.69 Å². The van der Waals surface area contributed by atoms with E-state index in [2.05, 4.69) is 10.1 Å². The molecule has 0 N–H and O–H groups in total. The Kier molecular flexibility index (Phi) is 6.43. The highest BCUT2D eigenvalue weighted by Crippen LogP contribution is 2.49. The number of carbonyl (C=O) groups excluding carboxylic acids is 1. The van der Waals surface area contributed by atoms with Crippen molar-refractivity contribution in [1.82, 2.24) is 14.8 Å². The molecule has 0 aromatic carbocycles. The summed E-state index contributed by atoms with van der Waals surface area (Å²) in [6, 6.07) is 1.07. The highest BCUT2D eigenvalue weighted by molar-refractivity contribution is 5.93. The summed E-state index contributed by atoms with van der Waals surface area (Å²) in [5.41, 5.74) is -5.09. The van der Waals surface area contributed by atoms with Crippen molar-refractivity contribution in [1.29, 1.82) is 0 Å². The predicted molar refractivity (Wildman–Crippen MR) is 89.3 cm³/mol. The maximum Gasteiger partial charge on any atom is 0.431 e. The van der Waals surface area contributed by atoms with E-state index in [1.165, 1.54) is 26.2 Å².